The van der Waals surface area contributed by atoms with Crippen molar-refractivity contribution in [1.29, 1.82) is 0 Å². The molecule has 0 bridgehead atoms. The van der Waals surface area contributed by atoms with Crippen molar-refractivity contribution >= 4 is 17.9 Å². The van der Waals surface area contributed by atoms with Gasteiger partial charge in [-0.25, -0.2) is 0 Å². The van der Waals surface area contributed by atoms with Gasteiger partial charge in [0, 0.05) is 19.3 Å². The van der Waals surface area contributed by atoms with Crippen molar-refractivity contribution in [3.63, 3.8) is 0 Å². The molecule has 1 unspecified atom stereocenters. The number of unbranched alkanes of at least 4 members (excludes halogenated alkanes) is 39. The maximum Gasteiger partial charge on any atom is 0.306 e. The molecule has 75 heavy (non-hydrogen) atoms. The Morgan fingerprint density at radius 3 is 0.787 bits per heavy atom. The predicted octanol–water partition coefficient (Wildman–Crippen LogP) is 22.3. The highest BCUT2D eigenvalue weighted by molar-refractivity contribution is 5.71. The minimum Gasteiger partial charge on any atom is -0.462 e. The third-order valence-electron chi connectivity index (χ3n) is 14.5. The molecule has 1 atom stereocenters. The zero-order chi connectivity index (χ0) is 54.3. The lowest BCUT2D eigenvalue weighted by molar-refractivity contribution is -0.167. The predicted molar refractivity (Wildman–Crippen MR) is 325 cm³/mol. The number of allylic oxidation sites excluding steroid dienone is 10. The standard InChI is InChI=1S/C69H124O6/c1-4-7-10-13-16-19-22-25-28-29-30-31-32-33-34-35-36-37-38-39-40-41-42-45-47-50-53-56-59-62-68(71)74-65-66(75-69(72)63-60-57-54-51-48-44-27-24-21-18-15-12-9-6-3)64-73-67(70)61-58-55-52-49-46-43-26-23-20-17-14-11-8-5-2/h15,18,22-27,29-30,66H,4-14,16-17,19-21,28,31-65H2,1-3H3/b18-15-,25-22-,26-23-,27-24-,30-29-. The number of rotatable bonds is 60. The highest BCUT2D eigenvalue weighted by Crippen LogP contribution is 2.17. The van der Waals surface area contributed by atoms with E-state index < -0.39 is 6.10 Å². The first-order valence-corrected chi connectivity index (χ1v) is 32.8. The van der Waals surface area contributed by atoms with Crippen molar-refractivity contribution in [2.45, 2.75) is 348 Å². The van der Waals surface area contributed by atoms with Crippen LogP contribution < -0.4 is 0 Å². The summed E-state index contributed by atoms with van der Waals surface area (Å²) in [6.45, 7) is 6.60. The van der Waals surface area contributed by atoms with E-state index in [0.717, 1.165) is 96.3 Å². The summed E-state index contributed by atoms with van der Waals surface area (Å²) < 4.78 is 16.9. The van der Waals surface area contributed by atoms with Gasteiger partial charge in [0.05, 0.1) is 0 Å². The zero-order valence-corrected chi connectivity index (χ0v) is 50.1. The topological polar surface area (TPSA) is 78.9 Å². The van der Waals surface area contributed by atoms with Gasteiger partial charge in [-0.05, 0) is 103 Å². The molecule has 0 aromatic rings. The van der Waals surface area contributed by atoms with Gasteiger partial charge in [-0.2, -0.15) is 0 Å². The van der Waals surface area contributed by atoms with Crippen LogP contribution >= 0.6 is 0 Å². The lowest BCUT2D eigenvalue weighted by atomic mass is 10.0. The highest BCUT2D eigenvalue weighted by atomic mass is 16.6. The molecule has 0 heterocycles. The Bertz CT molecular complexity index is 1340. The summed E-state index contributed by atoms with van der Waals surface area (Å²) in [6.07, 6.45) is 81.0. The molecule has 0 radical (unpaired) electrons. The van der Waals surface area contributed by atoms with Crippen LogP contribution in [0.4, 0.5) is 0 Å². The van der Waals surface area contributed by atoms with Gasteiger partial charge in [0.25, 0.3) is 0 Å². The lowest BCUT2D eigenvalue weighted by Crippen LogP contribution is -2.30. The number of carbonyl (C=O) groups excluding carboxylic acids is 3. The smallest absolute Gasteiger partial charge is 0.306 e. The van der Waals surface area contributed by atoms with Gasteiger partial charge in [-0.3, -0.25) is 14.4 Å². The Labute approximate surface area is 466 Å². The van der Waals surface area contributed by atoms with Crippen molar-refractivity contribution in [2.75, 3.05) is 13.2 Å². The molecular formula is C69H124O6. The number of carbonyl (C=O) groups is 3. The molecule has 0 saturated carbocycles. The first kappa shape index (κ1) is 72.1. The second-order valence-corrected chi connectivity index (χ2v) is 22.0. The summed E-state index contributed by atoms with van der Waals surface area (Å²) in [6, 6.07) is 0. The van der Waals surface area contributed by atoms with Gasteiger partial charge < -0.3 is 14.2 Å². The van der Waals surface area contributed by atoms with E-state index in [9.17, 15) is 14.4 Å². The van der Waals surface area contributed by atoms with Crippen LogP contribution in [-0.4, -0.2) is 37.2 Å². The van der Waals surface area contributed by atoms with Crippen LogP contribution in [0.3, 0.4) is 0 Å². The molecule has 6 heteroatoms. The average molecular weight is 1050 g/mol. The van der Waals surface area contributed by atoms with Crippen molar-refractivity contribution in [1.82, 2.24) is 0 Å². The summed E-state index contributed by atoms with van der Waals surface area (Å²) in [4.78, 5) is 38.2. The van der Waals surface area contributed by atoms with Crippen LogP contribution in [0.2, 0.25) is 0 Å². The molecule has 0 fully saturated rings. The molecule has 0 aliphatic heterocycles. The van der Waals surface area contributed by atoms with E-state index in [-0.39, 0.29) is 31.1 Å². The molecule has 436 valence electrons. The van der Waals surface area contributed by atoms with Crippen LogP contribution in [0.15, 0.2) is 60.8 Å². The summed E-state index contributed by atoms with van der Waals surface area (Å²) in [5, 5.41) is 0. The van der Waals surface area contributed by atoms with Gasteiger partial charge in [-0.1, -0.05) is 281 Å². The third kappa shape index (κ3) is 61.8. The van der Waals surface area contributed by atoms with Crippen LogP contribution in [0.1, 0.15) is 342 Å². The quantitative estimate of drug-likeness (QED) is 0.0261. The Morgan fingerprint density at radius 1 is 0.267 bits per heavy atom. The third-order valence-corrected chi connectivity index (χ3v) is 14.5. The molecular weight excluding hydrogens is 925 g/mol. The molecule has 0 aromatic heterocycles. The number of hydrogen-bond acceptors (Lipinski definition) is 6. The second kappa shape index (κ2) is 63.6. The summed E-state index contributed by atoms with van der Waals surface area (Å²) in [7, 11) is 0. The Morgan fingerprint density at radius 2 is 0.493 bits per heavy atom. The van der Waals surface area contributed by atoms with Crippen LogP contribution in [0, 0.1) is 0 Å². The van der Waals surface area contributed by atoms with Gasteiger partial charge >= 0.3 is 17.9 Å². The van der Waals surface area contributed by atoms with Gasteiger partial charge in [0.1, 0.15) is 13.2 Å². The molecule has 0 rings (SSSR count). The zero-order valence-electron chi connectivity index (χ0n) is 50.1. The summed E-state index contributed by atoms with van der Waals surface area (Å²) in [5.41, 5.74) is 0. The SMILES string of the molecule is CCCC/C=C\C/C=C\CCCCCCCC(=O)OC(COC(=O)CCCCCCC/C=C\CCCCCCC)COC(=O)CCCCCCCCCCCCCCCCCCC/C=C\C/C=C\CCCCCCC. The van der Waals surface area contributed by atoms with E-state index in [2.05, 4.69) is 81.5 Å². The minimum absolute atomic E-state index is 0.0799. The van der Waals surface area contributed by atoms with E-state index in [0.29, 0.717) is 19.3 Å². The van der Waals surface area contributed by atoms with Gasteiger partial charge in [0.2, 0.25) is 0 Å². The fraction of sp³-hybridized carbons (Fsp3) is 0.812. The van der Waals surface area contributed by atoms with E-state index in [1.54, 1.807) is 0 Å². The van der Waals surface area contributed by atoms with Crippen LogP contribution in [-0.2, 0) is 28.6 Å². The molecule has 0 saturated heterocycles. The number of hydrogen-bond donors (Lipinski definition) is 0. The first-order valence-electron chi connectivity index (χ1n) is 32.8. The number of esters is 3. The second-order valence-electron chi connectivity index (χ2n) is 22.0. The van der Waals surface area contributed by atoms with Crippen LogP contribution in [0.5, 0.6) is 0 Å². The Kier molecular flexibility index (Phi) is 61.2. The van der Waals surface area contributed by atoms with E-state index in [1.165, 1.54) is 205 Å². The fourth-order valence-electron chi connectivity index (χ4n) is 9.49. The molecule has 0 spiro atoms. The molecule has 0 aliphatic carbocycles. The normalized spacial score (nSPS) is 12.4. The average Bonchev–Trinajstić information content (AvgIpc) is 3.41. The molecule has 6 nitrogen and oxygen atoms in total. The van der Waals surface area contributed by atoms with E-state index in [4.69, 9.17) is 14.2 Å². The maximum absolute atomic E-state index is 12.9. The largest absolute Gasteiger partial charge is 0.462 e. The van der Waals surface area contributed by atoms with Crippen molar-refractivity contribution in [2.24, 2.45) is 0 Å². The number of ether oxygens (including phenoxy) is 3. The molecule has 0 aromatic carbocycles. The molecule has 0 aliphatic rings. The van der Waals surface area contributed by atoms with Crippen molar-refractivity contribution in [3.05, 3.63) is 60.8 Å². The minimum atomic E-state index is -0.784. The molecule has 0 N–H and O–H groups in total. The lowest BCUT2D eigenvalue weighted by Gasteiger charge is -2.18. The van der Waals surface area contributed by atoms with Crippen molar-refractivity contribution < 1.29 is 28.6 Å². The maximum atomic E-state index is 12.9. The van der Waals surface area contributed by atoms with Gasteiger partial charge in [0.15, 0.2) is 6.10 Å². The summed E-state index contributed by atoms with van der Waals surface area (Å²) in [5.74, 6) is -0.887. The van der Waals surface area contributed by atoms with E-state index in [1.807, 2.05) is 0 Å². The Balaban J connectivity index is 4.19. The highest BCUT2D eigenvalue weighted by Gasteiger charge is 2.19. The monoisotopic (exact) mass is 1050 g/mol. The molecule has 0 amide bonds. The van der Waals surface area contributed by atoms with E-state index >= 15 is 0 Å². The first-order chi connectivity index (χ1) is 37.0. The summed E-state index contributed by atoms with van der Waals surface area (Å²) >= 11 is 0. The van der Waals surface area contributed by atoms with Gasteiger partial charge in [-0.15, -0.1) is 0 Å². The Hall–Kier alpha value is -2.89. The fourth-order valence-corrected chi connectivity index (χ4v) is 9.49. The van der Waals surface area contributed by atoms with Crippen LogP contribution in [0.25, 0.3) is 0 Å². The van der Waals surface area contributed by atoms with Crippen molar-refractivity contribution in [3.8, 4) is 0 Å².